The van der Waals surface area contributed by atoms with Crippen molar-refractivity contribution in [3.63, 3.8) is 0 Å². The topological polar surface area (TPSA) is 146 Å². The van der Waals surface area contributed by atoms with E-state index in [2.05, 4.69) is 15.2 Å². The first-order valence-corrected chi connectivity index (χ1v) is 15.6. The molecule has 4 unspecified atom stereocenters. The highest BCUT2D eigenvalue weighted by Gasteiger charge is 2.64. The molecule has 6 bridgehead atoms. The predicted octanol–water partition coefficient (Wildman–Crippen LogP) is 2.06. The third kappa shape index (κ3) is 4.69. The van der Waals surface area contributed by atoms with Crippen molar-refractivity contribution in [1.82, 2.24) is 15.1 Å². The molecule has 4 saturated carbocycles. The number of rotatable bonds is 10. The average Bonchev–Trinajstić information content (AvgIpc) is 3.46. The lowest BCUT2D eigenvalue weighted by atomic mass is 9.78. The van der Waals surface area contributed by atoms with Crippen LogP contribution < -0.4 is 10.2 Å². The lowest BCUT2D eigenvalue weighted by Gasteiger charge is -2.54. The van der Waals surface area contributed by atoms with Gasteiger partial charge in [-0.1, -0.05) is 12.1 Å². The fourth-order valence-corrected chi connectivity index (χ4v) is 10.1. The summed E-state index contributed by atoms with van der Waals surface area (Å²) in [6.07, 6.45) is 10.1. The third-order valence-corrected chi connectivity index (χ3v) is 11.1. The molecule has 7 aliphatic rings. The third-order valence-electron chi connectivity index (χ3n) is 11.1. The van der Waals surface area contributed by atoms with Crippen molar-refractivity contribution in [2.45, 2.75) is 87.7 Å². The molecule has 3 aliphatic heterocycles. The van der Waals surface area contributed by atoms with Crippen LogP contribution in [0, 0.1) is 17.8 Å². The Morgan fingerprint density at radius 2 is 1.57 bits per heavy atom. The van der Waals surface area contributed by atoms with Crippen LogP contribution in [0.3, 0.4) is 0 Å². The second-order valence-electron chi connectivity index (χ2n) is 13.6. The van der Waals surface area contributed by atoms with E-state index in [0.29, 0.717) is 23.3 Å². The van der Waals surface area contributed by atoms with Crippen LogP contribution >= 0.6 is 0 Å². The predicted molar refractivity (Wildman–Crippen MR) is 155 cm³/mol. The Hall–Kier alpha value is -3.02. The maximum absolute atomic E-state index is 13.3. The van der Waals surface area contributed by atoms with Gasteiger partial charge in [-0.25, -0.2) is 4.99 Å². The summed E-state index contributed by atoms with van der Waals surface area (Å²) in [4.78, 5) is 46.3. The highest BCUT2D eigenvalue weighted by molar-refractivity contribution is 6.42. The number of hydrogen-bond acceptors (Lipinski definition) is 8. The van der Waals surface area contributed by atoms with Crippen molar-refractivity contribution in [2.75, 3.05) is 31.1 Å². The number of carboxylic acid groups (broad SMARTS) is 2. The molecule has 3 heterocycles. The molecule has 226 valence electrons. The molecular weight excluding hydrogens is 538 g/mol. The Labute approximate surface area is 245 Å². The second-order valence-corrected chi connectivity index (χ2v) is 13.6. The molecule has 8 rings (SSSR count). The Morgan fingerprint density at radius 1 is 0.929 bits per heavy atom. The molecule has 6 atom stereocenters. The van der Waals surface area contributed by atoms with E-state index in [0.717, 1.165) is 36.3 Å². The molecule has 0 aromatic heterocycles. The summed E-state index contributed by atoms with van der Waals surface area (Å²) < 4.78 is 0. The van der Waals surface area contributed by atoms with E-state index in [4.69, 9.17) is 10.2 Å². The first-order valence-electron chi connectivity index (χ1n) is 15.6. The van der Waals surface area contributed by atoms with Crippen molar-refractivity contribution >= 4 is 34.9 Å². The van der Waals surface area contributed by atoms with Crippen LogP contribution in [0.5, 0.6) is 0 Å². The zero-order valence-corrected chi connectivity index (χ0v) is 23.9. The number of piperidine rings is 1. The normalized spacial score (nSPS) is 36.3. The van der Waals surface area contributed by atoms with Gasteiger partial charge in [0.1, 0.15) is 0 Å². The number of benzene rings is 1. The van der Waals surface area contributed by atoms with E-state index in [1.807, 2.05) is 29.2 Å². The Balaban J connectivity index is 1.07. The summed E-state index contributed by atoms with van der Waals surface area (Å²) in [7, 11) is 0. The van der Waals surface area contributed by atoms with Crippen molar-refractivity contribution < 1.29 is 29.7 Å². The molecule has 6 fully saturated rings. The van der Waals surface area contributed by atoms with Gasteiger partial charge in [-0.2, -0.15) is 0 Å². The molecule has 11 nitrogen and oxygen atoms in total. The molecule has 0 spiro atoms. The van der Waals surface area contributed by atoms with E-state index in [1.165, 1.54) is 49.8 Å². The number of fused-ring (bicyclic) bond motifs is 3. The van der Waals surface area contributed by atoms with Crippen molar-refractivity contribution in [3.8, 4) is 0 Å². The van der Waals surface area contributed by atoms with E-state index in [1.54, 1.807) is 0 Å². The number of nitrogens with zero attached hydrogens (tertiary/aromatic N) is 4. The van der Waals surface area contributed by atoms with Crippen LogP contribution in [0.2, 0.25) is 0 Å². The quantitative estimate of drug-likeness (QED) is 0.327. The molecule has 1 amide bonds. The lowest BCUT2D eigenvalue weighted by molar-refractivity contribution is -0.141. The van der Waals surface area contributed by atoms with Gasteiger partial charge in [0.05, 0.1) is 24.5 Å². The summed E-state index contributed by atoms with van der Waals surface area (Å²) >= 11 is 0. The molecule has 4 N–H and O–H groups in total. The fraction of sp³-hybridized carbons (Fsp3) is 0.677. The van der Waals surface area contributed by atoms with Crippen LogP contribution in [0.4, 0.5) is 11.4 Å². The lowest BCUT2D eigenvalue weighted by Crippen LogP contribution is -2.63. The number of aliphatic hydroxyl groups excluding tert-OH is 1. The van der Waals surface area contributed by atoms with Gasteiger partial charge in [-0.3, -0.25) is 24.2 Å². The number of carbonyl (C=O) groups is 3. The number of anilines is 1. The standard InChI is InChI=1S/C31H41N5O6/c37-26(38)16-34(17-27(39)40)8-7-32-29(41)28-30(42)35(25-4-2-1-3-24(25)33-28)23-12-21-5-6-22(13-23)36(21)31-14-18-9-19(15-31)11-20(31)10-18/h1-4,18-23,30,42H,5-17H2,(H,32,41)(H,37,38)(H,39,40)/t18?,19?,20?,21-,22+,23?,30?,31?. The number of hydrogen-bond donors (Lipinski definition) is 4. The zero-order valence-electron chi connectivity index (χ0n) is 23.9. The number of aliphatic carboxylic acids is 2. The highest BCUT2D eigenvalue weighted by atomic mass is 16.4. The van der Waals surface area contributed by atoms with Gasteiger partial charge in [0.25, 0.3) is 5.91 Å². The maximum Gasteiger partial charge on any atom is 0.317 e. The molecule has 4 aliphatic carbocycles. The SMILES string of the molecule is O=C(O)CN(CCNC(=O)C1=Nc2ccccc2N(C2C[C@H]3CC[C@@H](C2)N3C23CC4CC(CC2C4)C3)C1O)CC(=O)O. The summed E-state index contributed by atoms with van der Waals surface area (Å²) in [5, 5.41) is 32.6. The van der Waals surface area contributed by atoms with Crippen LogP contribution in [0.25, 0.3) is 0 Å². The Morgan fingerprint density at radius 3 is 2.21 bits per heavy atom. The number of aliphatic imine (C=N–C) groups is 1. The molecule has 1 aromatic carbocycles. The number of nitrogens with one attached hydrogen (secondary N) is 1. The van der Waals surface area contributed by atoms with Crippen LogP contribution in [0.15, 0.2) is 29.3 Å². The largest absolute Gasteiger partial charge is 0.480 e. The number of carboxylic acids is 2. The number of amides is 1. The maximum atomic E-state index is 13.3. The number of para-hydroxylation sites is 2. The van der Waals surface area contributed by atoms with E-state index < -0.39 is 37.2 Å². The van der Waals surface area contributed by atoms with Crippen molar-refractivity contribution in [1.29, 1.82) is 0 Å². The van der Waals surface area contributed by atoms with Crippen LogP contribution in [-0.4, -0.2) is 105 Å². The minimum Gasteiger partial charge on any atom is -0.480 e. The first kappa shape index (κ1) is 27.8. The molecule has 1 aromatic rings. The first-order chi connectivity index (χ1) is 20.2. The van der Waals surface area contributed by atoms with Crippen molar-refractivity contribution in [3.05, 3.63) is 24.3 Å². The van der Waals surface area contributed by atoms with Crippen LogP contribution in [0.1, 0.15) is 57.8 Å². The van der Waals surface area contributed by atoms with Gasteiger partial charge in [-0.15, -0.1) is 0 Å². The van der Waals surface area contributed by atoms with Gasteiger partial charge in [0.2, 0.25) is 0 Å². The summed E-state index contributed by atoms with van der Waals surface area (Å²) in [5.74, 6) is -0.150. The molecule has 2 saturated heterocycles. The van der Waals surface area contributed by atoms with Gasteiger partial charge >= 0.3 is 11.9 Å². The van der Waals surface area contributed by atoms with Gasteiger partial charge in [-0.05, 0) is 87.7 Å². The van der Waals surface area contributed by atoms with Crippen LogP contribution in [-0.2, 0) is 14.4 Å². The molecule has 0 radical (unpaired) electrons. The minimum absolute atomic E-state index is 0.0110. The number of carbonyl (C=O) groups excluding carboxylic acids is 1. The fourth-order valence-electron chi connectivity index (χ4n) is 10.1. The second kappa shape index (κ2) is 10.6. The highest BCUT2D eigenvalue weighted by Crippen LogP contribution is 2.65. The number of aliphatic hydroxyl groups is 1. The summed E-state index contributed by atoms with van der Waals surface area (Å²) in [5.41, 5.74) is 1.89. The van der Waals surface area contributed by atoms with E-state index in [9.17, 15) is 19.5 Å². The van der Waals surface area contributed by atoms with Gasteiger partial charge in [0.15, 0.2) is 11.9 Å². The average molecular weight is 580 g/mol. The molecule has 11 heteroatoms. The summed E-state index contributed by atoms with van der Waals surface area (Å²) in [6, 6.07) is 8.72. The van der Waals surface area contributed by atoms with E-state index >= 15 is 0 Å². The zero-order chi connectivity index (χ0) is 29.2. The molecular formula is C31H41N5O6. The van der Waals surface area contributed by atoms with Crippen molar-refractivity contribution in [2.24, 2.45) is 22.7 Å². The summed E-state index contributed by atoms with van der Waals surface area (Å²) in [6.45, 7) is -0.824. The molecule has 42 heavy (non-hydrogen) atoms. The Bertz CT molecular complexity index is 1260. The van der Waals surface area contributed by atoms with Gasteiger partial charge < -0.3 is 25.5 Å². The van der Waals surface area contributed by atoms with Gasteiger partial charge in [0, 0.05) is 36.8 Å². The van der Waals surface area contributed by atoms with E-state index in [-0.39, 0.29) is 24.8 Å². The Kier molecular flexibility index (Phi) is 7.02. The monoisotopic (exact) mass is 579 g/mol. The smallest absolute Gasteiger partial charge is 0.317 e. The minimum atomic E-state index is -1.21.